The largest absolute Gasteiger partial charge is 0.497 e. The van der Waals surface area contributed by atoms with Crippen LogP contribution in [0, 0.1) is 5.92 Å². The molecule has 190 valence electrons. The molecule has 5 aromatic rings. The maximum Gasteiger partial charge on any atom is 0.201 e. The van der Waals surface area contributed by atoms with Gasteiger partial charge < -0.3 is 25.5 Å². The zero-order chi connectivity index (χ0) is 26.1. The minimum Gasteiger partial charge on any atom is -0.497 e. The number of anilines is 2. The fourth-order valence-electron chi connectivity index (χ4n) is 4.92. The Kier molecular flexibility index (Phi) is 6.61. The second-order valence-electron chi connectivity index (χ2n) is 9.82. The third-order valence-electron chi connectivity index (χ3n) is 6.75. The van der Waals surface area contributed by atoms with Crippen LogP contribution in [0.5, 0.6) is 11.5 Å². The highest BCUT2D eigenvalue weighted by molar-refractivity contribution is 6.08. The number of nitrogens with two attached hydrogens (primary N) is 2. The molecule has 0 radical (unpaired) electrons. The summed E-state index contributed by atoms with van der Waals surface area (Å²) < 4.78 is 12.8. The van der Waals surface area contributed by atoms with Crippen LogP contribution in [0.25, 0.3) is 21.9 Å². The number of hydrogen-bond acceptors (Lipinski definition) is 6. The van der Waals surface area contributed by atoms with Crippen LogP contribution in [0.3, 0.4) is 0 Å². The summed E-state index contributed by atoms with van der Waals surface area (Å²) in [6.07, 6.45) is 1.47. The first kappa shape index (κ1) is 24.4. The molecular weight excluding hydrogens is 462 g/mol. The fraction of sp³-hybridized carbons (Fsp3) is 0.267. The lowest BCUT2D eigenvalue weighted by Crippen LogP contribution is -2.09. The van der Waals surface area contributed by atoms with Crippen molar-refractivity contribution in [1.82, 2.24) is 14.5 Å². The number of rotatable bonds is 8. The maximum atomic E-state index is 6.50. The lowest BCUT2D eigenvalue weighted by Gasteiger charge is -2.16. The second-order valence-corrected chi connectivity index (χ2v) is 9.82. The average molecular weight is 496 g/mol. The molecule has 0 aliphatic carbocycles. The zero-order valence-electron chi connectivity index (χ0n) is 21.8. The van der Waals surface area contributed by atoms with Crippen LogP contribution in [-0.4, -0.2) is 28.8 Å². The van der Waals surface area contributed by atoms with E-state index in [-0.39, 0.29) is 0 Å². The van der Waals surface area contributed by atoms with Gasteiger partial charge in [0, 0.05) is 11.9 Å². The van der Waals surface area contributed by atoms with Crippen LogP contribution < -0.4 is 20.9 Å². The molecule has 5 rings (SSSR count). The number of nitrogen functional groups attached to an aromatic ring is 2. The molecule has 0 atom stereocenters. The van der Waals surface area contributed by atoms with Crippen molar-refractivity contribution in [2.75, 3.05) is 25.7 Å². The molecule has 0 saturated carbocycles. The van der Waals surface area contributed by atoms with Crippen LogP contribution >= 0.6 is 0 Å². The van der Waals surface area contributed by atoms with E-state index in [9.17, 15) is 0 Å². The minimum atomic E-state index is 0.397. The molecule has 0 fully saturated rings. The van der Waals surface area contributed by atoms with Crippen molar-refractivity contribution in [2.24, 2.45) is 5.92 Å². The van der Waals surface area contributed by atoms with Gasteiger partial charge in [-0.15, -0.1) is 0 Å². The Labute approximate surface area is 217 Å². The summed E-state index contributed by atoms with van der Waals surface area (Å²) in [6.45, 7) is 5.09. The Morgan fingerprint density at radius 3 is 1.92 bits per heavy atom. The van der Waals surface area contributed by atoms with Gasteiger partial charge in [-0.2, -0.15) is 0 Å². The van der Waals surface area contributed by atoms with E-state index in [0.29, 0.717) is 29.6 Å². The molecule has 3 aromatic carbocycles. The molecule has 7 heteroatoms. The molecule has 2 aromatic heterocycles. The van der Waals surface area contributed by atoms with Gasteiger partial charge >= 0.3 is 0 Å². The average Bonchev–Trinajstić information content (AvgIpc) is 3.22. The predicted octanol–water partition coefficient (Wildman–Crippen LogP) is 5.60. The number of benzene rings is 3. The van der Waals surface area contributed by atoms with Crippen molar-refractivity contribution in [3.63, 3.8) is 0 Å². The second kappa shape index (κ2) is 10.0. The number of imidazole rings is 1. The van der Waals surface area contributed by atoms with Crippen LogP contribution in [-0.2, 0) is 19.4 Å². The van der Waals surface area contributed by atoms with E-state index in [0.717, 1.165) is 46.4 Å². The van der Waals surface area contributed by atoms with Crippen LogP contribution in [0.2, 0.25) is 0 Å². The molecule has 0 aliphatic rings. The van der Waals surface area contributed by atoms with E-state index >= 15 is 0 Å². The number of methoxy groups -OCH3 is 2. The highest BCUT2D eigenvalue weighted by Crippen LogP contribution is 2.35. The molecule has 0 saturated heterocycles. The van der Waals surface area contributed by atoms with Gasteiger partial charge in [-0.05, 0) is 65.3 Å². The van der Waals surface area contributed by atoms with Gasteiger partial charge in [0.15, 0.2) is 5.82 Å². The first-order valence-electron chi connectivity index (χ1n) is 12.5. The number of nitrogens with zero attached hydrogens (tertiary/aromatic N) is 3. The van der Waals surface area contributed by atoms with Gasteiger partial charge in [0.25, 0.3) is 0 Å². The van der Waals surface area contributed by atoms with Crippen molar-refractivity contribution in [1.29, 1.82) is 0 Å². The standard InChI is InChI=1S/C30H33N5O2/c1-18(2)17-35-28-24-14-9-21(15-19-5-10-22(36-3)11-6-19)25(16-20-7-12-23(37-4)13-8-20)26(24)33-29(31)27(28)34-30(35)32/h5-14,18H,15-17H2,1-4H3,(H2,31,33)(H2,32,34). The smallest absolute Gasteiger partial charge is 0.201 e. The van der Waals surface area contributed by atoms with Crippen LogP contribution in [0.15, 0.2) is 60.7 Å². The van der Waals surface area contributed by atoms with Crippen molar-refractivity contribution >= 4 is 33.7 Å². The van der Waals surface area contributed by atoms with Crippen LogP contribution in [0.4, 0.5) is 11.8 Å². The van der Waals surface area contributed by atoms with Gasteiger partial charge in [-0.3, -0.25) is 0 Å². The Morgan fingerprint density at radius 2 is 1.35 bits per heavy atom. The van der Waals surface area contributed by atoms with Crippen molar-refractivity contribution in [3.05, 3.63) is 82.9 Å². The molecule has 0 bridgehead atoms. The summed E-state index contributed by atoms with van der Waals surface area (Å²) in [5.74, 6) is 2.93. The molecular formula is C30H33N5O2. The van der Waals surface area contributed by atoms with Crippen LogP contribution in [0.1, 0.15) is 36.1 Å². The van der Waals surface area contributed by atoms with Gasteiger partial charge in [0.05, 0.1) is 25.3 Å². The van der Waals surface area contributed by atoms with E-state index in [1.807, 2.05) is 24.3 Å². The summed E-state index contributed by atoms with van der Waals surface area (Å²) in [5, 5.41) is 1.01. The Bertz CT molecular complexity index is 1550. The summed E-state index contributed by atoms with van der Waals surface area (Å²) in [5.41, 5.74) is 20.0. The van der Waals surface area contributed by atoms with Gasteiger partial charge in [-0.25, -0.2) is 9.97 Å². The normalized spacial score (nSPS) is 11.5. The summed E-state index contributed by atoms with van der Waals surface area (Å²) in [7, 11) is 3.36. The summed E-state index contributed by atoms with van der Waals surface area (Å²) in [4.78, 5) is 9.48. The molecule has 0 aliphatic heterocycles. The lowest BCUT2D eigenvalue weighted by atomic mass is 9.92. The van der Waals surface area contributed by atoms with E-state index < -0.39 is 0 Å². The molecule has 0 amide bonds. The highest BCUT2D eigenvalue weighted by atomic mass is 16.5. The molecule has 0 spiro atoms. The Hall–Kier alpha value is -4.26. The first-order valence-corrected chi connectivity index (χ1v) is 12.5. The number of pyridine rings is 1. The SMILES string of the molecule is COc1ccc(Cc2ccc3c(nc(N)c4nc(N)n(CC(C)C)c43)c2Cc2ccc(OC)cc2)cc1. The van der Waals surface area contributed by atoms with Gasteiger partial charge in [-0.1, -0.05) is 50.2 Å². The van der Waals surface area contributed by atoms with Gasteiger partial charge in [0.1, 0.15) is 17.0 Å². The Morgan fingerprint density at radius 1 is 0.757 bits per heavy atom. The predicted molar refractivity (Wildman–Crippen MR) is 150 cm³/mol. The fourth-order valence-corrected chi connectivity index (χ4v) is 4.92. The monoisotopic (exact) mass is 495 g/mol. The topological polar surface area (TPSA) is 101 Å². The third-order valence-corrected chi connectivity index (χ3v) is 6.75. The van der Waals surface area contributed by atoms with E-state index in [4.69, 9.17) is 25.9 Å². The highest BCUT2D eigenvalue weighted by Gasteiger charge is 2.20. The lowest BCUT2D eigenvalue weighted by molar-refractivity contribution is 0.414. The Balaban J connectivity index is 1.71. The molecule has 0 unspecified atom stereocenters. The van der Waals surface area contributed by atoms with Crippen molar-refractivity contribution in [2.45, 2.75) is 33.2 Å². The molecule has 2 heterocycles. The summed E-state index contributed by atoms with van der Waals surface area (Å²) >= 11 is 0. The maximum absolute atomic E-state index is 6.50. The molecule has 37 heavy (non-hydrogen) atoms. The summed E-state index contributed by atoms with van der Waals surface area (Å²) in [6, 6.07) is 20.7. The number of aromatic nitrogens is 3. The van der Waals surface area contributed by atoms with E-state index in [2.05, 4.69) is 59.8 Å². The van der Waals surface area contributed by atoms with Crippen molar-refractivity contribution in [3.8, 4) is 11.5 Å². The molecule has 7 nitrogen and oxygen atoms in total. The number of hydrogen-bond donors (Lipinski definition) is 2. The number of ether oxygens (including phenoxy) is 2. The van der Waals surface area contributed by atoms with E-state index in [1.165, 1.54) is 16.7 Å². The van der Waals surface area contributed by atoms with Gasteiger partial charge in [0.2, 0.25) is 5.95 Å². The first-order chi connectivity index (χ1) is 17.9. The molecule has 4 N–H and O–H groups in total. The van der Waals surface area contributed by atoms with Crippen molar-refractivity contribution < 1.29 is 9.47 Å². The zero-order valence-corrected chi connectivity index (χ0v) is 21.8. The third kappa shape index (κ3) is 4.77. The number of fused-ring (bicyclic) bond motifs is 3. The quantitative estimate of drug-likeness (QED) is 0.290. The van der Waals surface area contributed by atoms with E-state index in [1.54, 1.807) is 14.2 Å². The minimum absolute atomic E-state index is 0.397.